The highest BCUT2D eigenvalue weighted by atomic mass is 16.6. The quantitative estimate of drug-likeness (QED) is 0.809. The Morgan fingerprint density at radius 3 is 2.24 bits per heavy atom. The summed E-state index contributed by atoms with van der Waals surface area (Å²) in [6.07, 6.45) is -0.973. The molecule has 5 nitrogen and oxygen atoms in total. The molecule has 0 fully saturated rings. The molecule has 0 aromatic heterocycles. The molecular formula is C16H16O5. The number of carbonyl (C=O) groups is 2. The van der Waals surface area contributed by atoms with Gasteiger partial charge in [0.1, 0.15) is 11.3 Å². The minimum Gasteiger partial charge on any atom is -0.496 e. The molecule has 0 unspecified atom stereocenters. The number of methoxy groups -OCH3 is 2. The van der Waals surface area contributed by atoms with Gasteiger partial charge in [0.15, 0.2) is 6.10 Å². The molecule has 0 spiro atoms. The molecule has 2 rings (SSSR count). The van der Waals surface area contributed by atoms with Gasteiger partial charge in [-0.1, -0.05) is 24.3 Å². The van der Waals surface area contributed by atoms with E-state index in [9.17, 15) is 9.59 Å². The van der Waals surface area contributed by atoms with Gasteiger partial charge in [-0.3, -0.25) is 0 Å². The van der Waals surface area contributed by atoms with Crippen LogP contribution in [0.15, 0.2) is 36.4 Å². The lowest BCUT2D eigenvalue weighted by molar-refractivity contribution is -0.149. The molecule has 0 N–H and O–H groups in total. The van der Waals surface area contributed by atoms with Gasteiger partial charge in [0.05, 0.1) is 14.2 Å². The average molecular weight is 288 g/mol. The normalized spacial score (nSPS) is 11.8. The molecule has 0 heterocycles. The Morgan fingerprint density at radius 2 is 1.67 bits per heavy atom. The van der Waals surface area contributed by atoms with Gasteiger partial charge in [-0.15, -0.1) is 0 Å². The highest BCUT2D eigenvalue weighted by Crippen LogP contribution is 2.26. The molecule has 0 radical (unpaired) electrons. The minimum atomic E-state index is -0.973. The maximum Gasteiger partial charge on any atom is 0.346 e. The molecule has 2 aromatic carbocycles. The summed E-state index contributed by atoms with van der Waals surface area (Å²) in [4.78, 5) is 23.5. The number of hydrogen-bond donors (Lipinski definition) is 0. The lowest BCUT2D eigenvalue weighted by Crippen LogP contribution is -2.25. The molecule has 21 heavy (non-hydrogen) atoms. The van der Waals surface area contributed by atoms with Crippen molar-refractivity contribution in [3.05, 3.63) is 42.0 Å². The standard InChI is InChI=1S/C16H16O5/c1-10(15(17)20-3)21-16(18)13-8-11-6-4-5-7-12(11)9-14(13)19-2/h4-10H,1-3H3/t10-/m1/s1. The topological polar surface area (TPSA) is 61.8 Å². The molecule has 0 saturated carbocycles. The third-order valence-corrected chi connectivity index (χ3v) is 3.10. The first-order chi connectivity index (χ1) is 10.1. The van der Waals surface area contributed by atoms with Crippen LogP contribution in [0.3, 0.4) is 0 Å². The smallest absolute Gasteiger partial charge is 0.346 e. The predicted molar refractivity (Wildman–Crippen MR) is 77.4 cm³/mol. The number of fused-ring (bicyclic) bond motifs is 1. The third-order valence-electron chi connectivity index (χ3n) is 3.10. The van der Waals surface area contributed by atoms with E-state index in [1.54, 1.807) is 12.1 Å². The first-order valence-electron chi connectivity index (χ1n) is 6.42. The van der Waals surface area contributed by atoms with E-state index in [1.165, 1.54) is 21.1 Å². The van der Waals surface area contributed by atoms with Crippen LogP contribution in [0.1, 0.15) is 17.3 Å². The molecule has 0 aliphatic rings. The van der Waals surface area contributed by atoms with Crippen LogP contribution >= 0.6 is 0 Å². The Balaban J connectivity index is 2.35. The van der Waals surface area contributed by atoms with Crippen molar-refractivity contribution in [3.8, 4) is 5.75 Å². The fraction of sp³-hybridized carbons (Fsp3) is 0.250. The summed E-state index contributed by atoms with van der Waals surface area (Å²) in [6, 6.07) is 11.0. The summed E-state index contributed by atoms with van der Waals surface area (Å²) in [7, 11) is 2.72. The van der Waals surface area contributed by atoms with Gasteiger partial charge in [0.25, 0.3) is 0 Å². The zero-order chi connectivity index (χ0) is 15.4. The molecular weight excluding hydrogens is 272 g/mol. The molecule has 5 heteroatoms. The highest BCUT2D eigenvalue weighted by Gasteiger charge is 2.22. The monoisotopic (exact) mass is 288 g/mol. The number of ether oxygens (including phenoxy) is 3. The van der Waals surface area contributed by atoms with Crippen molar-refractivity contribution in [2.24, 2.45) is 0 Å². The molecule has 1 atom stereocenters. The Bertz CT molecular complexity index is 677. The number of carbonyl (C=O) groups excluding carboxylic acids is 2. The Labute approximate surface area is 122 Å². The zero-order valence-corrected chi connectivity index (χ0v) is 12.1. The number of benzene rings is 2. The second kappa shape index (κ2) is 6.26. The summed E-state index contributed by atoms with van der Waals surface area (Å²) in [6.45, 7) is 1.46. The van der Waals surface area contributed by atoms with Crippen molar-refractivity contribution in [1.82, 2.24) is 0 Å². The van der Waals surface area contributed by atoms with Crippen molar-refractivity contribution < 1.29 is 23.8 Å². The summed E-state index contributed by atoms with van der Waals surface area (Å²) < 4.78 is 14.8. The average Bonchev–Trinajstić information content (AvgIpc) is 2.52. The van der Waals surface area contributed by atoms with E-state index in [0.717, 1.165) is 10.8 Å². The number of rotatable bonds is 4. The second-order valence-electron chi connectivity index (χ2n) is 4.47. The lowest BCUT2D eigenvalue weighted by atomic mass is 10.1. The van der Waals surface area contributed by atoms with Crippen molar-refractivity contribution in [2.45, 2.75) is 13.0 Å². The molecule has 0 aliphatic carbocycles. The van der Waals surface area contributed by atoms with E-state index in [2.05, 4.69) is 4.74 Å². The van der Waals surface area contributed by atoms with Gasteiger partial charge in [-0.25, -0.2) is 9.59 Å². The lowest BCUT2D eigenvalue weighted by Gasteiger charge is -2.13. The first kappa shape index (κ1) is 14.8. The molecule has 0 aliphatic heterocycles. The fourth-order valence-corrected chi connectivity index (χ4v) is 1.99. The Morgan fingerprint density at radius 1 is 1.05 bits per heavy atom. The van der Waals surface area contributed by atoms with Crippen LogP contribution in [0.25, 0.3) is 10.8 Å². The van der Waals surface area contributed by atoms with Crippen molar-refractivity contribution in [2.75, 3.05) is 14.2 Å². The maximum absolute atomic E-state index is 12.2. The Kier molecular flexibility index (Phi) is 4.42. The summed E-state index contributed by atoms with van der Waals surface area (Å²) in [5, 5.41) is 1.84. The Hall–Kier alpha value is -2.56. The molecule has 2 aromatic rings. The van der Waals surface area contributed by atoms with Crippen LogP contribution in [0.2, 0.25) is 0 Å². The summed E-state index contributed by atoms with van der Waals surface area (Å²) in [5.74, 6) is -0.839. The van der Waals surface area contributed by atoms with Crippen molar-refractivity contribution in [3.63, 3.8) is 0 Å². The molecule has 0 saturated heterocycles. The number of esters is 2. The first-order valence-corrected chi connectivity index (χ1v) is 6.42. The summed E-state index contributed by atoms with van der Waals surface area (Å²) in [5.41, 5.74) is 0.270. The van der Waals surface area contributed by atoms with Gasteiger partial charge < -0.3 is 14.2 Å². The highest BCUT2D eigenvalue weighted by molar-refractivity contribution is 5.99. The van der Waals surface area contributed by atoms with Gasteiger partial charge >= 0.3 is 11.9 Å². The second-order valence-corrected chi connectivity index (χ2v) is 4.47. The van der Waals surface area contributed by atoms with E-state index in [1.807, 2.05) is 24.3 Å². The van der Waals surface area contributed by atoms with Crippen LogP contribution in [-0.2, 0) is 14.3 Å². The van der Waals surface area contributed by atoms with Crippen LogP contribution in [0, 0.1) is 0 Å². The number of hydrogen-bond acceptors (Lipinski definition) is 5. The predicted octanol–water partition coefficient (Wildman–Crippen LogP) is 2.57. The van der Waals surface area contributed by atoms with Crippen LogP contribution < -0.4 is 4.74 Å². The fourth-order valence-electron chi connectivity index (χ4n) is 1.99. The van der Waals surface area contributed by atoms with Crippen LogP contribution in [-0.4, -0.2) is 32.3 Å². The van der Waals surface area contributed by atoms with E-state index in [-0.39, 0.29) is 5.56 Å². The van der Waals surface area contributed by atoms with E-state index in [0.29, 0.717) is 5.75 Å². The van der Waals surface area contributed by atoms with E-state index >= 15 is 0 Å². The zero-order valence-electron chi connectivity index (χ0n) is 12.1. The van der Waals surface area contributed by atoms with Gasteiger partial charge in [0, 0.05) is 0 Å². The summed E-state index contributed by atoms with van der Waals surface area (Å²) >= 11 is 0. The van der Waals surface area contributed by atoms with Crippen molar-refractivity contribution >= 4 is 22.7 Å². The van der Waals surface area contributed by atoms with Crippen molar-refractivity contribution in [1.29, 1.82) is 0 Å². The van der Waals surface area contributed by atoms with Crippen LogP contribution in [0.4, 0.5) is 0 Å². The molecule has 0 bridgehead atoms. The molecule has 0 amide bonds. The SMILES string of the molecule is COC(=O)[C@@H](C)OC(=O)c1cc2ccccc2cc1OC. The van der Waals surface area contributed by atoms with E-state index < -0.39 is 18.0 Å². The van der Waals surface area contributed by atoms with Gasteiger partial charge in [-0.2, -0.15) is 0 Å². The molecule has 110 valence electrons. The minimum absolute atomic E-state index is 0.270. The third kappa shape index (κ3) is 3.13. The maximum atomic E-state index is 12.2. The van der Waals surface area contributed by atoms with Crippen LogP contribution in [0.5, 0.6) is 5.75 Å². The van der Waals surface area contributed by atoms with E-state index in [4.69, 9.17) is 9.47 Å². The largest absolute Gasteiger partial charge is 0.496 e. The van der Waals surface area contributed by atoms with Gasteiger partial charge in [-0.05, 0) is 29.8 Å². The van der Waals surface area contributed by atoms with Gasteiger partial charge in [0.2, 0.25) is 0 Å².